The fourth-order valence-electron chi connectivity index (χ4n) is 0. The van der Waals surface area contributed by atoms with Crippen LogP contribution >= 0.6 is 0 Å². The maximum atomic E-state index is 8.74. The molecule has 0 amide bonds. The summed E-state index contributed by atoms with van der Waals surface area (Å²) in [7, 11) is -18.7. The van der Waals surface area contributed by atoms with E-state index in [1.165, 1.54) is 0 Å². The Bertz CT molecular complexity index is 467. The van der Waals surface area contributed by atoms with Gasteiger partial charge in [0, 0.05) is 0 Å². The van der Waals surface area contributed by atoms with Crippen LogP contribution in [-0.4, -0.2) is 70.1 Å². The van der Waals surface area contributed by atoms with Gasteiger partial charge in [0.1, 0.15) is 0 Å². The van der Waals surface area contributed by atoms with E-state index in [1.807, 2.05) is 0 Å². The summed E-state index contributed by atoms with van der Waals surface area (Å²) in [6.45, 7) is 0. The lowest BCUT2D eigenvalue weighted by Gasteiger charge is -1.68. The van der Waals surface area contributed by atoms with Gasteiger partial charge in [-0.2, -0.15) is 33.7 Å². The van der Waals surface area contributed by atoms with Crippen molar-refractivity contribution >= 4 is 41.6 Å². The summed E-state index contributed by atoms with van der Waals surface area (Å²) < 4.78 is 126. The summed E-state index contributed by atoms with van der Waals surface area (Å²) in [6.07, 6.45) is 0. The van der Waals surface area contributed by atoms with Crippen LogP contribution in [0.15, 0.2) is 0 Å². The third-order valence-corrected chi connectivity index (χ3v) is 0. The van der Waals surface area contributed by atoms with E-state index in [9.17, 15) is 0 Å². The highest BCUT2D eigenvalue weighted by molar-refractivity contribution is 7.80. The van der Waals surface area contributed by atoms with Gasteiger partial charge in [-0.1, -0.05) is 0 Å². The summed E-state index contributed by atoms with van der Waals surface area (Å²) in [4.78, 5) is 0. The first-order valence-electron chi connectivity index (χ1n) is 2.79. The van der Waals surface area contributed by atoms with Gasteiger partial charge in [0.2, 0.25) is 0 Å². The van der Waals surface area contributed by atoms with Crippen LogP contribution in [0.25, 0.3) is 0 Å². The second-order valence-corrected chi connectivity index (χ2v) is 5.37. The third kappa shape index (κ3) is 17600. The maximum Gasteiger partial charge on any atom is 0.394 e. The highest BCUT2D eigenvalue weighted by Gasteiger charge is 1.86. The molecule has 0 atom stereocenters. The molecule has 0 aliphatic carbocycles. The topological polar surface area (TPSA) is 298 Å². The van der Waals surface area contributed by atoms with Gasteiger partial charge in [0.05, 0.1) is 0 Å². The molecule has 0 aromatic rings. The monoisotopic (exact) mass is 392 g/mol. The zero-order valence-corrected chi connectivity index (χ0v) is 11.7. The van der Waals surface area contributed by atoms with Crippen LogP contribution < -0.4 is 0 Å². The van der Waals surface area contributed by atoms with Crippen molar-refractivity contribution in [1.82, 2.24) is 0 Å². The average molecular weight is 392 g/mol. The van der Waals surface area contributed by atoms with Gasteiger partial charge in [0.15, 0.2) is 0 Å². The molecule has 0 bridgehead atoms. The molecule has 8 N–H and O–H groups in total. The molecule has 0 heterocycles. The van der Waals surface area contributed by atoms with Gasteiger partial charge in [-0.3, -0.25) is 36.4 Å². The first kappa shape index (κ1) is 27.8. The van der Waals surface area contributed by atoms with E-state index >= 15 is 0 Å². The molecule has 0 radical (unpaired) electrons. The van der Waals surface area contributed by atoms with Gasteiger partial charge in [0.25, 0.3) is 0 Å². The van der Waals surface area contributed by atoms with Crippen LogP contribution in [0, 0.1) is 0 Å². The minimum Gasteiger partial charge on any atom is -0.264 e. The molecule has 0 unspecified atom stereocenters. The van der Waals surface area contributed by atoms with Crippen molar-refractivity contribution in [2.45, 2.75) is 0 Å². The zero-order chi connectivity index (χ0) is 18.0. The predicted molar refractivity (Wildman–Crippen MR) is 56.7 cm³/mol. The van der Waals surface area contributed by atoms with Gasteiger partial charge < -0.3 is 0 Å². The summed E-state index contributed by atoms with van der Waals surface area (Å²) in [5.41, 5.74) is 0. The summed E-state index contributed by atoms with van der Waals surface area (Å²) in [5, 5.41) is 0. The lowest BCUT2D eigenvalue weighted by molar-refractivity contribution is 0.378. The average Bonchev–Trinajstić information content (AvgIpc) is 1.62. The van der Waals surface area contributed by atoms with E-state index in [1.54, 1.807) is 0 Å². The van der Waals surface area contributed by atoms with Crippen molar-refractivity contribution in [3.05, 3.63) is 0 Å². The van der Waals surface area contributed by atoms with Crippen molar-refractivity contribution in [2.75, 3.05) is 0 Å². The predicted octanol–water partition coefficient (Wildman–Crippen LogP) is -2.61. The van der Waals surface area contributed by atoms with Crippen LogP contribution in [0.1, 0.15) is 0 Å². The summed E-state index contributed by atoms with van der Waals surface area (Å²) in [6, 6.07) is 0. The fourth-order valence-corrected chi connectivity index (χ4v) is 0. The van der Waals surface area contributed by atoms with Crippen LogP contribution in [0.3, 0.4) is 0 Å². The zero-order valence-electron chi connectivity index (χ0n) is 8.48. The van der Waals surface area contributed by atoms with Crippen molar-refractivity contribution in [3.63, 3.8) is 0 Å². The molecule has 0 aromatic carbocycles. The largest absolute Gasteiger partial charge is 0.394 e. The van der Waals surface area contributed by atoms with E-state index in [-0.39, 0.29) is 0 Å². The molecule has 0 fully saturated rings. The first-order valence-corrected chi connectivity index (χ1v) is 8.38. The second kappa shape index (κ2) is 10.2. The summed E-state index contributed by atoms with van der Waals surface area (Å²) >= 11 is 0. The van der Waals surface area contributed by atoms with Crippen molar-refractivity contribution in [2.24, 2.45) is 0 Å². The third-order valence-electron chi connectivity index (χ3n) is 0. The Morgan fingerprint density at radius 2 is 0.300 bits per heavy atom. The smallest absolute Gasteiger partial charge is 0.264 e. The normalized spacial score (nSPS) is 11.6. The van der Waals surface area contributed by atoms with E-state index < -0.39 is 41.6 Å². The molecule has 16 nitrogen and oxygen atoms in total. The summed E-state index contributed by atoms with van der Waals surface area (Å²) in [5.74, 6) is 0. The van der Waals surface area contributed by atoms with Crippen LogP contribution in [0.2, 0.25) is 0 Å². The molecule has 0 aliphatic rings. The van der Waals surface area contributed by atoms with E-state index in [4.69, 9.17) is 70.1 Å². The SMILES string of the molecule is O=S(=O)(O)O.O=S(=O)(O)O.O=S(=O)(O)O.O=S(=O)(O)O. The highest BCUT2D eigenvalue weighted by Crippen LogP contribution is 1.60. The van der Waals surface area contributed by atoms with E-state index in [0.29, 0.717) is 0 Å². The Balaban J connectivity index is -0.0000000853. The van der Waals surface area contributed by atoms with Gasteiger partial charge in [-0.25, -0.2) is 0 Å². The van der Waals surface area contributed by atoms with Crippen molar-refractivity contribution < 1.29 is 70.1 Å². The minimum atomic E-state index is -4.67. The minimum absolute atomic E-state index is 4.67. The van der Waals surface area contributed by atoms with Crippen molar-refractivity contribution in [3.8, 4) is 0 Å². The highest BCUT2D eigenvalue weighted by atomic mass is 32.3. The lowest BCUT2D eigenvalue weighted by atomic mass is 15.8. The number of rotatable bonds is 0. The van der Waals surface area contributed by atoms with E-state index in [0.717, 1.165) is 0 Å². The quantitative estimate of drug-likeness (QED) is 0.196. The molecule has 0 aliphatic heterocycles. The van der Waals surface area contributed by atoms with Crippen molar-refractivity contribution in [1.29, 1.82) is 0 Å². The van der Waals surface area contributed by atoms with Crippen LogP contribution in [-0.2, 0) is 41.6 Å². The first-order chi connectivity index (χ1) is 8.00. The Morgan fingerprint density at radius 1 is 0.300 bits per heavy atom. The number of hydrogen-bond donors (Lipinski definition) is 8. The molecular formula is H8O16S4. The standard InChI is InChI=1S/4H2O4S/c4*1-5(2,3)4/h4*(H2,1,2,3,4). The molecular weight excluding hydrogens is 384 g/mol. The molecule has 0 rings (SSSR count). The second-order valence-electron chi connectivity index (χ2n) is 1.79. The Kier molecular flexibility index (Phi) is 14.2. The fraction of sp³-hybridized carbons (Fsp3) is 0. The Labute approximate surface area is 112 Å². The van der Waals surface area contributed by atoms with Gasteiger partial charge >= 0.3 is 41.6 Å². The molecule has 20 heteroatoms. The molecule has 128 valence electrons. The van der Waals surface area contributed by atoms with Gasteiger partial charge in [-0.05, 0) is 0 Å². The molecule has 20 heavy (non-hydrogen) atoms. The van der Waals surface area contributed by atoms with Gasteiger partial charge in [-0.15, -0.1) is 0 Å². The van der Waals surface area contributed by atoms with E-state index in [2.05, 4.69) is 0 Å². The molecule has 0 spiro atoms. The molecule has 0 saturated carbocycles. The Hall–Kier alpha value is -0.520. The maximum absolute atomic E-state index is 8.74. The van der Waals surface area contributed by atoms with Crippen LogP contribution in [0.5, 0.6) is 0 Å². The molecule has 0 aromatic heterocycles. The number of hydrogen-bond acceptors (Lipinski definition) is 8. The molecule has 0 saturated heterocycles. The Morgan fingerprint density at radius 3 is 0.300 bits per heavy atom. The lowest BCUT2D eigenvalue weighted by Crippen LogP contribution is -1.89. The van der Waals surface area contributed by atoms with Crippen LogP contribution in [0.4, 0.5) is 0 Å².